The van der Waals surface area contributed by atoms with E-state index in [1.165, 1.54) is 5.56 Å². The standard InChI is InChI=1S/C15H22N2O2/c1-2-3-12-4-6-13(7-5-12)14(16)10-17-8-9-19-11-15(17)18/h4-7,14H,2-3,8-11,16H2,1H3. The summed E-state index contributed by atoms with van der Waals surface area (Å²) >= 11 is 0. The number of nitrogens with two attached hydrogens (primary N) is 1. The highest BCUT2D eigenvalue weighted by Crippen LogP contribution is 2.15. The van der Waals surface area contributed by atoms with Crippen molar-refractivity contribution < 1.29 is 9.53 Å². The lowest BCUT2D eigenvalue weighted by Crippen LogP contribution is -2.44. The second-order valence-electron chi connectivity index (χ2n) is 4.99. The highest BCUT2D eigenvalue weighted by Gasteiger charge is 2.21. The van der Waals surface area contributed by atoms with Crippen molar-refractivity contribution >= 4 is 5.91 Å². The monoisotopic (exact) mass is 262 g/mol. The van der Waals surface area contributed by atoms with Crippen LogP contribution in [0.3, 0.4) is 0 Å². The smallest absolute Gasteiger partial charge is 0.248 e. The molecule has 0 bridgehead atoms. The normalized spacial score (nSPS) is 17.6. The highest BCUT2D eigenvalue weighted by molar-refractivity contribution is 5.78. The summed E-state index contributed by atoms with van der Waals surface area (Å²) in [5.74, 6) is 0.0318. The molecule has 2 rings (SSSR count). The molecule has 0 spiro atoms. The Kier molecular flexibility index (Phi) is 4.93. The molecule has 1 heterocycles. The van der Waals surface area contributed by atoms with Gasteiger partial charge in [-0.25, -0.2) is 0 Å². The molecule has 1 unspecified atom stereocenters. The Balaban J connectivity index is 1.94. The third-order valence-electron chi connectivity index (χ3n) is 3.45. The van der Waals surface area contributed by atoms with Crippen molar-refractivity contribution in [2.75, 3.05) is 26.3 Å². The Morgan fingerprint density at radius 2 is 2.11 bits per heavy atom. The second-order valence-corrected chi connectivity index (χ2v) is 4.99. The number of rotatable bonds is 5. The number of carbonyl (C=O) groups is 1. The molecule has 0 radical (unpaired) electrons. The van der Waals surface area contributed by atoms with Crippen LogP contribution >= 0.6 is 0 Å². The molecule has 1 atom stereocenters. The molecule has 4 nitrogen and oxygen atoms in total. The van der Waals surface area contributed by atoms with Gasteiger partial charge in [0.25, 0.3) is 0 Å². The van der Waals surface area contributed by atoms with Gasteiger partial charge in [0.05, 0.1) is 6.61 Å². The van der Waals surface area contributed by atoms with Crippen LogP contribution in [-0.2, 0) is 16.0 Å². The van der Waals surface area contributed by atoms with E-state index in [2.05, 4.69) is 31.2 Å². The Morgan fingerprint density at radius 3 is 2.74 bits per heavy atom. The first-order valence-electron chi connectivity index (χ1n) is 6.90. The molecule has 1 saturated heterocycles. The number of nitrogens with zero attached hydrogens (tertiary/aromatic N) is 1. The van der Waals surface area contributed by atoms with Gasteiger partial charge in [-0.15, -0.1) is 0 Å². The van der Waals surface area contributed by atoms with Crippen molar-refractivity contribution in [1.29, 1.82) is 0 Å². The lowest BCUT2D eigenvalue weighted by atomic mass is 10.0. The van der Waals surface area contributed by atoms with E-state index in [-0.39, 0.29) is 18.6 Å². The molecule has 1 aromatic rings. The molecule has 19 heavy (non-hydrogen) atoms. The van der Waals surface area contributed by atoms with Crippen LogP contribution in [0.2, 0.25) is 0 Å². The van der Waals surface area contributed by atoms with Gasteiger partial charge in [0.15, 0.2) is 0 Å². The van der Waals surface area contributed by atoms with Crippen LogP contribution < -0.4 is 5.73 Å². The summed E-state index contributed by atoms with van der Waals surface area (Å²) in [6.45, 7) is 4.16. The Labute approximate surface area is 114 Å². The molecule has 1 amide bonds. The molecule has 104 valence electrons. The number of hydrogen-bond acceptors (Lipinski definition) is 3. The Hall–Kier alpha value is -1.39. The van der Waals surface area contributed by atoms with Crippen molar-refractivity contribution in [2.24, 2.45) is 5.73 Å². The van der Waals surface area contributed by atoms with Gasteiger partial charge in [-0.05, 0) is 17.5 Å². The van der Waals surface area contributed by atoms with Crippen LogP contribution in [0.5, 0.6) is 0 Å². The summed E-state index contributed by atoms with van der Waals surface area (Å²) in [5.41, 5.74) is 8.59. The van der Waals surface area contributed by atoms with E-state index in [4.69, 9.17) is 10.5 Å². The summed E-state index contributed by atoms with van der Waals surface area (Å²) in [7, 11) is 0. The number of carbonyl (C=O) groups excluding carboxylic acids is 1. The van der Waals surface area contributed by atoms with E-state index in [0.29, 0.717) is 19.7 Å². The van der Waals surface area contributed by atoms with Gasteiger partial charge < -0.3 is 15.4 Å². The first-order chi connectivity index (χ1) is 9.20. The molecule has 0 aliphatic carbocycles. The topological polar surface area (TPSA) is 55.6 Å². The first-order valence-corrected chi connectivity index (χ1v) is 6.90. The zero-order valence-electron chi connectivity index (χ0n) is 11.5. The van der Waals surface area contributed by atoms with E-state index in [9.17, 15) is 4.79 Å². The van der Waals surface area contributed by atoms with E-state index < -0.39 is 0 Å². The third kappa shape index (κ3) is 3.78. The molecule has 1 aromatic carbocycles. The SMILES string of the molecule is CCCc1ccc(C(N)CN2CCOCC2=O)cc1. The summed E-state index contributed by atoms with van der Waals surface area (Å²) < 4.78 is 5.11. The van der Waals surface area contributed by atoms with Crippen molar-refractivity contribution in [2.45, 2.75) is 25.8 Å². The number of amides is 1. The minimum Gasteiger partial charge on any atom is -0.370 e. The summed E-state index contributed by atoms with van der Waals surface area (Å²) in [5, 5.41) is 0. The van der Waals surface area contributed by atoms with Gasteiger partial charge in [-0.1, -0.05) is 37.6 Å². The van der Waals surface area contributed by atoms with Gasteiger partial charge in [0.1, 0.15) is 6.61 Å². The fourth-order valence-corrected chi connectivity index (χ4v) is 2.31. The molecule has 1 aliphatic heterocycles. The molecule has 1 aliphatic rings. The van der Waals surface area contributed by atoms with E-state index in [1.54, 1.807) is 4.90 Å². The molecular formula is C15H22N2O2. The lowest BCUT2D eigenvalue weighted by molar-refractivity contribution is -0.142. The van der Waals surface area contributed by atoms with E-state index >= 15 is 0 Å². The predicted octanol–water partition coefficient (Wildman–Crippen LogP) is 1.50. The van der Waals surface area contributed by atoms with Crippen molar-refractivity contribution in [3.8, 4) is 0 Å². The number of hydrogen-bond donors (Lipinski definition) is 1. The maximum absolute atomic E-state index is 11.6. The summed E-state index contributed by atoms with van der Waals surface area (Å²) in [4.78, 5) is 13.4. The number of ether oxygens (including phenoxy) is 1. The zero-order chi connectivity index (χ0) is 13.7. The number of benzene rings is 1. The van der Waals surface area contributed by atoms with Crippen LogP contribution in [0.1, 0.15) is 30.5 Å². The molecule has 0 saturated carbocycles. The fraction of sp³-hybridized carbons (Fsp3) is 0.533. The van der Waals surface area contributed by atoms with Crippen molar-refractivity contribution in [3.05, 3.63) is 35.4 Å². The minimum absolute atomic E-state index is 0.0318. The average molecular weight is 262 g/mol. The van der Waals surface area contributed by atoms with Gasteiger partial charge in [0.2, 0.25) is 5.91 Å². The van der Waals surface area contributed by atoms with Gasteiger partial charge in [-0.3, -0.25) is 4.79 Å². The Bertz CT molecular complexity index is 417. The predicted molar refractivity (Wildman–Crippen MR) is 74.8 cm³/mol. The molecule has 2 N–H and O–H groups in total. The van der Waals surface area contributed by atoms with Crippen molar-refractivity contribution in [3.63, 3.8) is 0 Å². The second kappa shape index (κ2) is 6.68. The van der Waals surface area contributed by atoms with Crippen LogP contribution in [-0.4, -0.2) is 37.1 Å². The average Bonchev–Trinajstić information content (AvgIpc) is 2.42. The van der Waals surface area contributed by atoms with Crippen LogP contribution in [0.15, 0.2) is 24.3 Å². The quantitative estimate of drug-likeness (QED) is 0.875. The maximum Gasteiger partial charge on any atom is 0.248 e. The van der Waals surface area contributed by atoms with Gasteiger partial charge in [-0.2, -0.15) is 0 Å². The van der Waals surface area contributed by atoms with Crippen LogP contribution in [0.25, 0.3) is 0 Å². The molecule has 1 fully saturated rings. The van der Waals surface area contributed by atoms with Crippen molar-refractivity contribution in [1.82, 2.24) is 4.90 Å². The molecular weight excluding hydrogens is 240 g/mol. The number of aryl methyl sites for hydroxylation is 1. The lowest BCUT2D eigenvalue weighted by Gasteiger charge is -2.29. The zero-order valence-corrected chi connectivity index (χ0v) is 11.5. The summed E-state index contributed by atoms with van der Waals surface area (Å²) in [6.07, 6.45) is 2.24. The Morgan fingerprint density at radius 1 is 1.37 bits per heavy atom. The van der Waals surface area contributed by atoms with Crippen LogP contribution in [0.4, 0.5) is 0 Å². The minimum atomic E-state index is -0.127. The maximum atomic E-state index is 11.6. The third-order valence-corrected chi connectivity index (χ3v) is 3.45. The molecule has 0 aromatic heterocycles. The highest BCUT2D eigenvalue weighted by atomic mass is 16.5. The fourth-order valence-electron chi connectivity index (χ4n) is 2.31. The van der Waals surface area contributed by atoms with Gasteiger partial charge >= 0.3 is 0 Å². The van der Waals surface area contributed by atoms with E-state index in [0.717, 1.165) is 18.4 Å². The number of morpholine rings is 1. The summed E-state index contributed by atoms with van der Waals surface area (Å²) in [6, 6.07) is 8.26. The van der Waals surface area contributed by atoms with E-state index in [1.807, 2.05) is 0 Å². The van der Waals surface area contributed by atoms with Gasteiger partial charge in [0, 0.05) is 19.1 Å². The first kappa shape index (κ1) is 14.0. The van der Waals surface area contributed by atoms with Crippen LogP contribution in [0, 0.1) is 0 Å². The largest absolute Gasteiger partial charge is 0.370 e. The molecule has 4 heteroatoms.